The molecule has 6 nitrogen and oxygen atoms in total. The molecule has 0 aliphatic rings. The maximum absolute atomic E-state index is 11.9. The predicted molar refractivity (Wildman–Crippen MR) is 103 cm³/mol. The summed E-state index contributed by atoms with van der Waals surface area (Å²) in [4.78, 5) is 16.9. The van der Waals surface area contributed by atoms with Gasteiger partial charge in [-0.15, -0.1) is 11.3 Å². The highest BCUT2D eigenvalue weighted by Crippen LogP contribution is 2.21. The second-order valence-corrected chi connectivity index (χ2v) is 6.67. The molecule has 8 heteroatoms. The molecule has 130 valence electrons. The molecule has 0 bridgehead atoms. The molecule has 2 aromatic carbocycles. The van der Waals surface area contributed by atoms with Crippen molar-refractivity contribution >= 4 is 50.8 Å². The maximum atomic E-state index is 11.9. The normalized spacial score (nSPS) is 11.4. The van der Waals surface area contributed by atoms with Gasteiger partial charge in [0.25, 0.3) is 5.91 Å². The summed E-state index contributed by atoms with van der Waals surface area (Å²) in [5.41, 5.74) is 3.03. The molecule has 0 saturated carbocycles. The number of carbonyl (C=O) groups excluding carboxylic acids is 1. The number of nitrogens with one attached hydrogen (secondary N) is 1. The van der Waals surface area contributed by atoms with Gasteiger partial charge in [-0.2, -0.15) is 5.10 Å². The van der Waals surface area contributed by atoms with E-state index < -0.39 is 0 Å². The topological polar surface area (TPSA) is 68.0 Å². The van der Waals surface area contributed by atoms with E-state index in [-0.39, 0.29) is 12.5 Å². The van der Waals surface area contributed by atoms with E-state index in [9.17, 15) is 4.79 Å². The summed E-state index contributed by atoms with van der Waals surface area (Å²) in [6.07, 6.45) is 3.30. The Morgan fingerprint density at radius 1 is 1.31 bits per heavy atom. The van der Waals surface area contributed by atoms with Crippen molar-refractivity contribution in [3.05, 3.63) is 64.9 Å². The standard InChI is InChI=1S/C18H13ClN4O2S/c19-17-15(23-7-8-26-18(23)21-17)10-20-22-16(24)11-25-14-6-5-12-3-1-2-4-13(12)9-14/h1-10H,11H2,(H,22,24)/b20-10+. The van der Waals surface area contributed by atoms with Gasteiger partial charge >= 0.3 is 0 Å². The number of ether oxygens (including phenoxy) is 1. The molecule has 0 spiro atoms. The zero-order chi connectivity index (χ0) is 17.9. The number of fused-ring (bicyclic) bond motifs is 2. The average molecular weight is 385 g/mol. The minimum atomic E-state index is -0.364. The third kappa shape index (κ3) is 3.40. The van der Waals surface area contributed by atoms with Crippen LogP contribution in [-0.4, -0.2) is 28.1 Å². The van der Waals surface area contributed by atoms with E-state index in [4.69, 9.17) is 16.3 Å². The monoisotopic (exact) mass is 384 g/mol. The van der Waals surface area contributed by atoms with Crippen LogP contribution in [0.1, 0.15) is 5.69 Å². The van der Waals surface area contributed by atoms with Gasteiger partial charge in [0.1, 0.15) is 11.4 Å². The summed E-state index contributed by atoms with van der Waals surface area (Å²) in [6.45, 7) is -0.135. The third-order valence-electron chi connectivity index (χ3n) is 3.72. The van der Waals surface area contributed by atoms with Gasteiger partial charge in [-0.1, -0.05) is 41.9 Å². The number of hydrazone groups is 1. The number of aromatic nitrogens is 2. The number of rotatable bonds is 5. The number of halogens is 1. The summed E-state index contributed by atoms with van der Waals surface area (Å²) in [7, 11) is 0. The minimum absolute atomic E-state index is 0.135. The first-order chi connectivity index (χ1) is 12.7. The quantitative estimate of drug-likeness (QED) is 0.421. The van der Waals surface area contributed by atoms with E-state index in [1.807, 2.05) is 54.0 Å². The van der Waals surface area contributed by atoms with Gasteiger partial charge in [0.2, 0.25) is 0 Å². The Hall–Kier alpha value is -2.90. The molecule has 2 heterocycles. The summed E-state index contributed by atoms with van der Waals surface area (Å²) in [5.74, 6) is 0.262. The molecular weight excluding hydrogens is 372 g/mol. The lowest BCUT2D eigenvalue weighted by Crippen LogP contribution is -2.24. The van der Waals surface area contributed by atoms with Crippen LogP contribution in [0.5, 0.6) is 5.75 Å². The highest BCUT2D eigenvalue weighted by Gasteiger charge is 2.09. The zero-order valence-corrected chi connectivity index (χ0v) is 15.0. The van der Waals surface area contributed by atoms with Gasteiger partial charge < -0.3 is 4.74 Å². The lowest BCUT2D eigenvalue weighted by atomic mass is 10.1. The van der Waals surface area contributed by atoms with Gasteiger partial charge in [-0.3, -0.25) is 9.20 Å². The second-order valence-electron chi connectivity index (χ2n) is 5.43. The summed E-state index contributed by atoms with van der Waals surface area (Å²) in [5, 5.41) is 8.32. The van der Waals surface area contributed by atoms with Crippen molar-refractivity contribution in [1.29, 1.82) is 0 Å². The van der Waals surface area contributed by atoms with Gasteiger partial charge in [0.15, 0.2) is 16.7 Å². The SMILES string of the molecule is O=C(COc1ccc2ccccc2c1)N/N=C/c1c(Cl)nc2sccn12. The van der Waals surface area contributed by atoms with Crippen LogP contribution in [0.2, 0.25) is 5.15 Å². The molecule has 2 aromatic heterocycles. The van der Waals surface area contributed by atoms with Crippen LogP contribution in [0.25, 0.3) is 15.7 Å². The summed E-state index contributed by atoms with van der Waals surface area (Å²) >= 11 is 7.53. The molecule has 0 aliphatic heterocycles. The molecule has 26 heavy (non-hydrogen) atoms. The molecule has 0 radical (unpaired) electrons. The van der Waals surface area contributed by atoms with E-state index in [1.165, 1.54) is 17.6 Å². The number of carbonyl (C=O) groups is 1. The number of thiazole rings is 1. The molecule has 0 saturated heterocycles. The zero-order valence-electron chi connectivity index (χ0n) is 13.4. The van der Waals surface area contributed by atoms with Crippen LogP contribution < -0.4 is 10.2 Å². The number of hydrogen-bond donors (Lipinski definition) is 1. The van der Waals surface area contributed by atoms with Crippen molar-refractivity contribution in [3.63, 3.8) is 0 Å². The van der Waals surface area contributed by atoms with Crippen molar-refractivity contribution in [1.82, 2.24) is 14.8 Å². The molecule has 0 fully saturated rings. The Balaban J connectivity index is 1.36. The fourth-order valence-corrected chi connectivity index (χ4v) is 3.49. The van der Waals surface area contributed by atoms with Crippen LogP contribution in [0, 0.1) is 0 Å². The molecule has 1 N–H and O–H groups in total. The first kappa shape index (κ1) is 16.6. The summed E-state index contributed by atoms with van der Waals surface area (Å²) in [6, 6.07) is 13.6. The molecular formula is C18H13ClN4O2S. The van der Waals surface area contributed by atoms with Gasteiger partial charge in [0, 0.05) is 11.6 Å². The fraction of sp³-hybridized carbons (Fsp3) is 0.0556. The van der Waals surface area contributed by atoms with E-state index in [0.29, 0.717) is 16.6 Å². The number of amides is 1. The Morgan fingerprint density at radius 2 is 2.15 bits per heavy atom. The van der Waals surface area contributed by atoms with Crippen molar-refractivity contribution in [2.75, 3.05) is 6.61 Å². The van der Waals surface area contributed by atoms with Crippen LogP contribution >= 0.6 is 22.9 Å². The Kier molecular flexibility index (Phi) is 4.55. The van der Waals surface area contributed by atoms with E-state index >= 15 is 0 Å². The molecule has 4 aromatic rings. The fourth-order valence-electron chi connectivity index (χ4n) is 2.50. The molecule has 0 atom stereocenters. The number of hydrogen-bond acceptors (Lipinski definition) is 5. The number of imidazole rings is 1. The minimum Gasteiger partial charge on any atom is -0.484 e. The first-order valence-electron chi connectivity index (χ1n) is 7.75. The Bertz CT molecular complexity index is 1120. The number of benzene rings is 2. The van der Waals surface area contributed by atoms with Crippen LogP contribution in [0.4, 0.5) is 0 Å². The second kappa shape index (κ2) is 7.15. The highest BCUT2D eigenvalue weighted by molar-refractivity contribution is 7.15. The van der Waals surface area contributed by atoms with Gasteiger partial charge in [0.05, 0.1) is 6.21 Å². The van der Waals surface area contributed by atoms with Gasteiger partial charge in [-0.25, -0.2) is 10.4 Å². The van der Waals surface area contributed by atoms with Crippen molar-refractivity contribution in [3.8, 4) is 5.75 Å². The Morgan fingerprint density at radius 3 is 3.04 bits per heavy atom. The third-order valence-corrected chi connectivity index (χ3v) is 4.76. The maximum Gasteiger partial charge on any atom is 0.277 e. The molecule has 4 rings (SSSR count). The van der Waals surface area contributed by atoms with Crippen LogP contribution in [-0.2, 0) is 4.79 Å². The van der Waals surface area contributed by atoms with Crippen LogP contribution in [0.15, 0.2) is 59.1 Å². The van der Waals surface area contributed by atoms with E-state index in [1.54, 1.807) is 4.40 Å². The van der Waals surface area contributed by atoms with E-state index in [0.717, 1.165) is 15.7 Å². The molecule has 1 amide bonds. The number of nitrogens with zero attached hydrogens (tertiary/aromatic N) is 3. The van der Waals surface area contributed by atoms with Crippen molar-refractivity contribution in [2.24, 2.45) is 5.10 Å². The highest BCUT2D eigenvalue weighted by atomic mass is 35.5. The lowest BCUT2D eigenvalue weighted by Gasteiger charge is -2.06. The molecule has 0 aliphatic carbocycles. The molecule has 0 unspecified atom stereocenters. The van der Waals surface area contributed by atoms with Crippen molar-refractivity contribution in [2.45, 2.75) is 0 Å². The largest absolute Gasteiger partial charge is 0.484 e. The Labute approximate surface area is 157 Å². The smallest absolute Gasteiger partial charge is 0.277 e. The van der Waals surface area contributed by atoms with Crippen molar-refractivity contribution < 1.29 is 9.53 Å². The first-order valence-corrected chi connectivity index (χ1v) is 9.01. The van der Waals surface area contributed by atoms with E-state index in [2.05, 4.69) is 15.5 Å². The lowest BCUT2D eigenvalue weighted by molar-refractivity contribution is -0.123. The summed E-state index contributed by atoms with van der Waals surface area (Å²) < 4.78 is 7.32. The average Bonchev–Trinajstić information content (AvgIpc) is 3.21. The van der Waals surface area contributed by atoms with Gasteiger partial charge in [-0.05, 0) is 22.9 Å². The predicted octanol–water partition coefficient (Wildman–Crippen LogP) is 3.73. The van der Waals surface area contributed by atoms with Crippen LogP contribution in [0.3, 0.4) is 0 Å².